The highest BCUT2D eigenvalue weighted by Gasteiger charge is 2.31. The van der Waals surface area contributed by atoms with Crippen LogP contribution in [-0.2, 0) is 4.79 Å². The zero-order valence-corrected chi connectivity index (χ0v) is 16.2. The van der Waals surface area contributed by atoms with E-state index in [-0.39, 0.29) is 17.9 Å². The molecular formula is C18H20ClN5O3. The fourth-order valence-corrected chi connectivity index (χ4v) is 2.49. The average molecular weight is 390 g/mol. The lowest BCUT2D eigenvalue weighted by Gasteiger charge is -2.24. The molecular weight excluding hydrogens is 370 g/mol. The van der Waals surface area contributed by atoms with Gasteiger partial charge in [-0.3, -0.25) is 14.8 Å². The molecule has 0 saturated heterocycles. The van der Waals surface area contributed by atoms with Crippen molar-refractivity contribution in [2.45, 2.75) is 39.3 Å². The second-order valence-electron chi connectivity index (χ2n) is 6.69. The molecule has 0 atom stereocenters. The van der Waals surface area contributed by atoms with Crippen LogP contribution in [-0.4, -0.2) is 31.5 Å². The Bertz CT molecular complexity index is 931. The van der Waals surface area contributed by atoms with Crippen LogP contribution in [0.15, 0.2) is 40.9 Å². The van der Waals surface area contributed by atoms with Gasteiger partial charge in [-0.15, -0.1) is 5.10 Å². The first-order valence-electron chi connectivity index (χ1n) is 8.39. The van der Waals surface area contributed by atoms with Crippen molar-refractivity contribution < 1.29 is 13.9 Å². The van der Waals surface area contributed by atoms with E-state index in [1.54, 1.807) is 55.1 Å². The molecule has 0 aliphatic heterocycles. The predicted octanol–water partition coefficient (Wildman–Crippen LogP) is 3.96. The van der Waals surface area contributed by atoms with Crippen molar-refractivity contribution in [3.63, 3.8) is 0 Å². The van der Waals surface area contributed by atoms with Gasteiger partial charge in [0.15, 0.2) is 5.60 Å². The van der Waals surface area contributed by atoms with E-state index < -0.39 is 11.5 Å². The number of halogens is 1. The quantitative estimate of drug-likeness (QED) is 0.685. The first kappa shape index (κ1) is 18.9. The van der Waals surface area contributed by atoms with E-state index in [2.05, 4.69) is 20.6 Å². The minimum absolute atomic E-state index is 0.0145. The van der Waals surface area contributed by atoms with Crippen LogP contribution in [0.25, 0.3) is 11.6 Å². The summed E-state index contributed by atoms with van der Waals surface area (Å²) in [5, 5.41) is 15.3. The van der Waals surface area contributed by atoms with Crippen LogP contribution in [0.1, 0.15) is 33.7 Å². The van der Waals surface area contributed by atoms with Gasteiger partial charge < -0.3 is 9.15 Å². The Balaban J connectivity index is 1.71. The van der Waals surface area contributed by atoms with Crippen molar-refractivity contribution in [2.24, 2.45) is 0 Å². The standard InChI is InChI=1S/C18H20ClN5O3/c1-11(2)24-14(9-10-20-24)15-22-23-17(26-15)21-16(25)18(3,4)27-13-7-5-12(19)6-8-13/h5-11H,1-4H3,(H,21,23,25). The second kappa shape index (κ2) is 7.40. The number of carbonyl (C=O) groups is 1. The molecule has 142 valence electrons. The average Bonchev–Trinajstić information content (AvgIpc) is 3.25. The SMILES string of the molecule is CC(C)n1nccc1-c1nnc(NC(=O)C(C)(C)Oc2ccc(Cl)cc2)o1. The Hall–Kier alpha value is -2.87. The van der Waals surface area contributed by atoms with Crippen LogP contribution in [0.3, 0.4) is 0 Å². The molecule has 0 aliphatic rings. The molecule has 8 nitrogen and oxygen atoms in total. The van der Waals surface area contributed by atoms with Gasteiger partial charge in [0.1, 0.15) is 11.4 Å². The van der Waals surface area contributed by atoms with Crippen LogP contribution in [0, 0.1) is 0 Å². The Morgan fingerprint density at radius 1 is 1.22 bits per heavy atom. The summed E-state index contributed by atoms with van der Waals surface area (Å²) in [6.07, 6.45) is 1.65. The number of carbonyl (C=O) groups excluding carboxylic acids is 1. The first-order valence-corrected chi connectivity index (χ1v) is 8.77. The van der Waals surface area contributed by atoms with Crippen molar-refractivity contribution >= 4 is 23.5 Å². The lowest BCUT2D eigenvalue weighted by atomic mass is 10.1. The fourth-order valence-electron chi connectivity index (χ4n) is 2.36. The minimum Gasteiger partial charge on any atom is -0.478 e. The Morgan fingerprint density at radius 2 is 1.93 bits per heavy atom. The zero-order valence-electron chi connectivity index (χ0n) is 15.4. The molecule has 0 spiro atoms. The maximum Gasteiger partial charge on any atom is 0.322 e. The molecule has 1 aromatic carbocycles. The highest BCUT2D eigenvalue weighted by Crippen LogP contribution is 2.24. The summed E-state index contributed by atoms with van der Waals surface area (Å²) in [4.78, 5) is 12.6. The third kappa shape index (κ3) is 4.28. The van der Waals surface area contributed by atoms with E-state index in [0.29, 0.717) is 16.5 Å². The maximum atomic E-state index is 12.6. The number of nitrogens with zero attached hydrogens (tertiary/aromatic N) is 4. The second-order valence-corrected chi connectivity index (χ2v) is 7.12. The van der Waals surface area contributed by atoms with Gasteiger partial charge in [-0.25, -0.2) is 0 Å². The lowest BCUT2D eigenvalue weighted by Crippen LogP contribution is -2.42. The lowest BCUT2D eigenvalue weighted by molar-refractivity contribution is -0.128. The molecule has 0 unspecified atom stereocenters. The van der Waals surface area contributed by atoms with Gasteiger partial charge in [0, 0.05) is 17.3 Å². The number of rotatable bonds is 6. The summed E-state index contributed by atoms with van der Waals surface area (Å²) in [5.74, 6) is 0.365. The van der Waals surface area contributed by atoms with Crippen LogP contribution in [0.4, 0.5) is 6.01 Å². The number of hydrogen-bond acceptors (Lipinski definition) is 6. The van der Waals surface area contributed by atoms with Gasteiger partial charge >= 0.3 is 6.01 Å². The number of anilines is 1. The van der Waals surface area contributed by atoms with E-state index >= 15 is 0 Å². The number of amides is 1. The van der Waals surface area contributed by atoms with Crippen molar-refractivity contribution in [3.8, 4) is 17.3 Å². The van der Waals surface area contributed by atoms with E-state index in [1.807, 2.05) is 13.8 Å². The molecule has 2 heterocycles. The number of aromatic nitrogens is 4. The molecule has 2 aromatic heterocycles. The molecule has 3 rings (SSSR count). The smallest absolute Gasteiger partial charge is 0.322 e. The third-order valence-corrected chi connectivity index (χ3v) is 4.01. The van der Waals surface area contributed by atoms with E-state index in [4.69, 9.17) is 20.8 Å². The van der Waals surface area contributed by atoms with Crippen molar-refractivity contribution in [1.82, 2.24) is 20.0 Å². The highest BCUT2D eigenvalue weighted by molar-refractivity contribution is 6.30. The Kier molecular flexibility index (Phi) is 5.18. The Labute approximate surface area is 161 Å². The van der Waals surface area contributed by atoms with Gasteiger partial charge in [-0.2, -0.15) is 5.10 Å². The van der Waals surface area contributed by atoms with Gasteiger partial charge in [-0.1, -0.05) is 16.7 Å². The van der Waals surface area contributed by atoms with Crippen LogP contribution < -0.4 is 10.1 Å². The highest BCUT2D eigenvalue weighted by atomic mass is 35.5. The third-order valence-electron chi connectivity index (χ3n) is 3.76. The zero-order chi connectivity index (χ0) is 19.6. The first-order chi connectivity index (χ1) is 12.8. The molecule has 0 bridgehead atoms. The summed E-state index contributed by atoms with van der Waals surface area (Å²) < 4.78 is 13.1. The van der Waals surface area contributed by atoms with Gasteiger partial charge in [0.25, 0.3) is 11.8 Å². The van der Waals surface area contributed by atoms with Crippen molar-refractivity contribution in [1.29, 1.82) is 0 Å². The van der Waals surface area contributed by atoms with Gasteiger partial charge in [0.2, 0.25) is 0 Å². The summed E-state index contributed by atoms with van der Waals surface area (Å²) in [6.45, 7) is 7.27. The molecule has 3 aromatic rings. The number of hydrogen-bond donors (Lipinski definition) is 1. The number of nitrogens with one attached hydrogen (secondary N) is 1. The summed E-state index contributed by atoms with van der Waals surface area (Å²) in [7, 11) is 0. The summed E-state index contributed by atoms with van der Waals surface area (Å²) in [6, 6.07) is 8.64. The van der Waals surface area contributed by atoms with Crippen LogP contribution >= 0.6 is 11.6 Å². The van der Waals surface area contributed by atoms with E-state index in [9.17, 15) is 4.79 Å². The molecule has 0 radical (unpaired) electrons. The summed E-state index contributed by atoms with van der Waals surface area (Å²) in [5.41, 5.74) is -0.489. The molecule has 1 N–H and O–H groups in total. The molecule has 27 heavy (non-hydrogen) atoms. The largest absolute Gasteiger partial charge is 0.478 e. The van der Waals surface area contributed by atoms with E-state index in [0.717, 1.165) is 0 Å². The topological polar surface area (TPSA) is 95.1 Å². The van der Waals surface area contributed by atoms with Crippen LogP contribution in [0.5, 0.6) is 5.75 Å². The van der Waals surface area contributed by atoms with Gasteiger partial charge in [-0.05, 0) is 58.0 Å². The predicted molar refractivity (Wildman–Crippen MR) is 101 cm³/mol. The van der Waals surface area contributed by atoms with Gasteiger partial charge in [0.05, 0.1) is 0 Å². The maximum absolute atomic E-state index is 12.6. The fraction of sp³-hybridized carbons (Fsp3) is 0.333. The summed E-state index contributed by atoms with van der Waals surface area (Å²) >= 11 is 5.86. The number of benzene rings is 1. The van der Waals surface area contributed by atoms with Crippen molar-refractivity contribution in [3.05, 3.63) is 41.6 Å². The monoisotopic (exact) mass is 389 g/mol. The molecule has 0 saturated carbocycles. The van der Waals surface area contributed by atoms with E-state index in [1.165, 1.54) is 0 Å². The molecule has 0 aliphatic carbocycles. The van der Waals surface area contributed by atoms with Crippen LogP contribution in [0.2, 0.25) is 5.02 Å². The normalized spacial score (nSPS) is 11.6. The minimum atomic E-state index is -1.16. The molecule has 0 fully saturated rings. The molecule has 1 amide bonds. The molecule has 9 heteroatoms. The Morgan fingerprint density at radius 3 is 2.59 bits per heavy atom. The number of ether oxygens (including phenoxy) is 1. The van der Waals surface area contributed by atoms with Crippen molar-refractivity contribution in [2.75, 3.05) is 5.32 Å².